The number of Topliss-reactive ketones (excluding diaryl/α,β-unsaturated/α-hetero) is 2. The van der Waals surface area contributed by atoms with E-state index in [1.165, 1.54) is 7.11 Å². The molecule has 4 aromatic carbocycles. The van der Waals surface area contributed by atoms with E-state index in [0.717, 1.165) is 83.0 Å². The number of alkyl halides is 1. The van der Waals surface area contributed by atoms with Crippen molar-refractivity contribution in [2.75, 3.05) is 54.9 Å². The average Bonchev–Trinajstić information content (AvgIpc) is 3.87. The minimum atomic E-state index is -0.726. The van der Waals surface area contributed by atoms with Crippen LogP contribution in [0.3, 0.4) is 0 Å². The molecule has 3 saturated carbocycles. The van der Waals surface area contributed by atoms with Crippen LogP contribution in [0.5, 0.6) is 34.5 Å². The number of methoxy groups -OCH3 is 4. The number of halogens is 1. The first-order valence-electron chi connectivity index (χ1n) is 22.6. The van der Waals surface area contributed by atoms with Gasteiger partial charge in [-0.05, 0) is 104 Å². The fraction of sp³-hybridized carbons (Fsp3) is 0.462. The van der Waals surface area contributed by atoms with Gasteiger partial charge in [0.05, 0.1) is 41.7 Å². The van der Waals surface area contributed by atoms with Gasteiger partial charge in [0.1, 0.15) is 30.1 Å². The van der Waals surface area contributed by atoms with Gasteiger partial charge < -0.3 is 37.9 Å². The molecule has 5 aliphatic carbocycles. The zero-order valence-corrected chi connectivity index (χ0v) is 37.6. The van der Waals surface area contributed by atoms with Crippen LogP contribution in [0.1, 0.15) is 102 Å². The predicted octanol–water partition coefficient (Wildman–Crippen LogP) is 9.71. The topological polar surface area (TPSA) is 142 Å². The van der Waals surface area contributed by atoms with E-state index in [-0.39, 0.29) is 55.9 Å². The fourth-order valence-corrected chi connectivity index (χ4v) is 9.12. The van der Waals surface area contributed by atoms with Gasteiger partial charge >= 0.3 is 11.9 Å². The number of hydrogen-bond acceptors (Lipinski definition) is 12. The molecule has 3 fully saturated rings. The van der Waals surface area contributed by atoms with E-state index >= 15 is 0 Å². The lowest BCUT2D eigenvalue weighted by atomic mass is 9.69. The van der Waals surface area contributed by atoms with Gasteiger partial charge in [-0.2, -0.15) is 0 Å². The number of benzene rings is 4. The highest BCUT2D eigenvalue weighted by Gasteiger charge is 2.53. The van der Waals surface area contributed by atoms with Gasteiger partial charge in [0.25, 0.3) is 0 Å². The Balaban J connectivity index is 0.000000177. The molecule has 0 saturated heterocycles. The number of rotatable bonds is 18. The van der Waals surface area contributed by atoms with E-state index in [2.05, 4.69) is 0 Å². The summed E-state index contributed by atoms with van der Waals surface area (Å²) < 4.78 is 58.3. The van der Waals surface area contributed by atoms with E-state index < -0.39 is 17.5 Å². The number of esters is 2. The van der Waals surface area contributed by atoms with E-state index in [4.69, 9.17) is 37.9 Å². The molecule has 13 heteroatoms. The van der Waals surface area contributed by atoms with Crippen molar-refractivity contribution in [3.8, 4) is 56.8 Å². The standard InChI is InChI=1S/C27H30O6.C25H27FO6/c1-30-23-13-11-21(18-8-4-9-20-19(18)10-12-22(20)28)24(25(23)31-2)32-16-27(14-5-15-27)26(29)33-17-6-3-7-17;1-29-21-10-8-19(16-5-3-6-18-17(16)7-9-20(18)27)22(23(21)30-2)32-15-25(11-12-25)24(28)31-14-4-13-26/h4,8-9,11,13,17H,3,5-7,10,12,14-16H2,1-2H3;3,5-6,8,10H,4,7,9,11-15H2,1-2H3. The third kappa shape index (κ3) is 8.98. The van der Waals surface area contributed by atoms with Crippen molar-refractivity contribution in [1.82, 2.24) is 0 Å². The summed E-state index contributed by atoms with van der Waals surface area (Å²) in [6, 6.07) is 18.9. The summed E-state index contributed by atoms with van der Waals surface area (Å²) in [6.07, 6.45) is 9.46. The van der Waals surface area contributed by atoms with E-state index in [1.54, 1.807) is 27.4 Å². The Hall–Kier alpha value is -6.11. The number of fused-ring (bicyclic) bond motifs is 2. The molecule has 4 aromatic rings. The van der Waals surface area contributed by atoms with Gasteiger partial charge in [0.2, 0.25) is 11.5 Å². The van der Waals surface area contributed by atoms with E-state index in [1.807, 2.05) is 54.6 Å². The second-order valence-electron chi connectivity index (χ2n) is 17.5. The quantitative estimate of drug-likeness (QED) is 0.0694. The zero-order chi connectivity index (χ0) is 45.7. The van der Waals surface area contributed by atoms with Crippen molar-refractivity contribution in [2.45, 2.75) is 89.6 Å². The van der Waals surface area contributed by atoms with E-state index in [0.29, 0.717) is 73.0 Å². The van der Waals surface area contributed by atoms with Crippen LogP contribution in [-0.2, 0) is 31.9 Å². The average molecular weight is 893 g/mol. The van der Waals surface area contributed by atoms with Gasteiger partial charge in [-0.15, -0.1) is 0 Å². The van der Waals surface area contributed by atoms with Gasteiger partial charge in [0, 0.05) is 41.5 Å². The first-order valence-corrected chi connectivity index (χ1v) is 22.6. The smallest absolute Gasteiger partial charge is 0.315 e. The van der Waals surface area contributed by atoms with Crippen molar-refractivity contribution in [3.05, 3.63) is 82.9 Å². The molecule has 5 aliphatic rings. The molecule has 0 bridgehead atoms. The Bertz CT molecular complexity index is 2450. The van der Waals surface area contributed by atoms with Crippen LogP contribution in [-0.4, -0.2) is 84.5 Å². The molecule has 0 aliphatic heterocycles. The fourth-order valence-electron chi connectivity index (χ4n) is 9.12. The third-order valence-electron chi connectivity index (χ3n) is 13.6. The maximum atomic E-state index is 13.0. The molecule has 0 amide bonds. The number of ketones is 2. The number of carbonyl (C=O) groups excluding carboxylic acids is 4. The number of hydrogen-bond donors (Lipinski definition) is 0. The summed E-state index contributed by atoms with van der Waals surface area (Å²) in [6.45, 7) is -0.116. The first-order chi connectivity index (χ1) is 31.6. The summed E-state index contributed by atoms with van der Waals surface area (Å²) in [7, 11) is 6.25. The molecule has 0 unspecified atom stereocenters. The van der Waals surface area contributed by atoms with Crippen LogP contribution in [0.2, 0.25) is 0 Å². The third-order valence-corrected chi connectivity index (χ3v) is 13.6. The summed E-state index contributed by atoms with van der Waals surface area (Å²) in [5.41, 5.74) is 5.64. The Kier molecular flexibility index (Phi) is 13.7. The maximum Gasteiger partial charge on any atom is 0.315 e. The molecular weight excluding hydrogens is 836 g/mol. The summed E-state index contributed by atoms with van der Waals surface area (Å²) in [5.74, 6) is 2.76. The highest BCUT2D eigenvalue weighted by atomic mass is 19.1. The van der Waals surface area contributed by atoms with Crippen molar-refractivity contribution in [1.29, 1.82) is 0 Å². The highest BCUT2D eigenvalue weighted by molar-refractivity contribution is 6.03. The molecule has 0 atom stereocenters. The molecule has 344 valence electrons. The number of ether oxygens (including phenoxy) is 8. The second-order valence-corrected chi connectivity index (χ2v) is 17.5. The molecule has 0 radical (unpaired) electrons. The van der Waals surface area contributed by atoms with Crippen LogP contribution in [0.25, 0.3) is 22.3 Å². The van der Waals surface area contributed by atoms with Crippen LogP contribution < -0.4 is 28.4 Å². The minimum Gasteiger partial charge on any atom is -0.493 e. The Morgan fingerprint density at radius 1 is 0.569 bits per heavy atom. The Morgan fingerprint density at radius 2 is 1.06 bits per heavy atom. The van der Waals surface area contributed by atoms with Gasteiger partial charge in [-0.1, -0.05) is 42.8 Å². The molecule has 0 N–H and O–H groups in total. The van der Waals surface area contributed by atoms with Crippen molar-refractivity contribution in [2.24, 2.45) is 10.8 Å². The SMILES string of the molecule is COc1ccc(-c2cccc3c2CCC3=O)c(OCC2(C(=O)OC3CCC3)CCC2)c1OC.COc1ccc(-c2cccc3c2CCC3=O)c(OCC2(C(=O)OCCCF)CC2)c1OC. The highest BCUT2D eigenvalue weighted by Crippen LogP contribution is 2.52. The Morgan fingerprint density at radius 3 is 1.46 bits per heavy atom. The van der Waals surface area contributed by atoms with Crippen molar-refractivity contribution >= 4 is 23.5 Å². The summed E-state index contributed by atoms with van der Waals surface area (Å²) >= 11 is 0. The van der Waals surface area contributed by atoms with Crippen LogP contribution in [0.4, 0.5) is 4.39 Å². The lowest BCUT2D eigenvalue weighted by molar-refractivity contribution is -0.174. The zero-order valence-electron chi connectivity index (χ0n) is 37.6. The van der Waals surface area contributed by atoms with Crippen LogP contribution in [0, 0.1) is 10.8 Å². The molecule has 0 heterocycles. The van der Waals surface area contributed by atoms with Gasteiger partial charge in [-0.3, -0.25) is 23.6 Å². The van der Waals surface area contributed by atoms with Crippen LogP contribution >= 0.6 is 0 Å². The van der Waals surface area contributed by atoms with Gasteiger partial charge in [-0.25, -0.2) is 0 Å². The Labute approximate surface area is 379 Å². The second kappa shape index (κ2) is 19.6. The molecule has 9 rings (SSSR count). The van der Waals surface area contributed by atoms with E-state index in [9.17, 15) is 23.6 Å². The lowest BCUT2D eigenvalue weighted by Gasteiger charge is -2.41. The van der Waals surface area contributed by atoms with Gasteiger partial charge in [0.15, 0.2) is 34.6 Å². The van der Waals surface area contributed by atoms with Crippen molar-refractivity contribution in [3.63, 3.8) is 0 Å². The normalized spacial score (nSPS) is 17.2. The number of carbonyl (C=O) groups is 4. The van der Waals surface area contributed by atoms with Crippen LogP contribution in [0.15, 0.2) is 60.7 Å². The minimum absolute atomic E-state index is 0.0568. The lowest BCUT2D eigenvalue weighted by Crippen LogP contribution is -2.46. The predicted molar refractivity (Wildman–Crippen MR) is 239 cm³/mol. The first kappa shape index (κ1) is 45.5. The molecule has 65 heavy (non-hydrogen) atoms. The molecular formula is C52H57FO12. The molecule has 12 nitrogen and oxygen atoms in total. The monoisotopic (exact) mass is 892 g/mol. The summed E-state index contributed by atoms with van der Waals surface area (Å²) in [4.78, 5) is 50.1. The summed E-state index contributed by atoms with van der Waals surface area (Å²) in [5, 5.41) is 0. The molecule has 0 aromatic heterocycles. The maximum absolute atomic E-state index is 13.0. The van der Waals surface area contributed by atoms with Crippen molar-refractivity contribution < 1.29 is 61.5 Å². The molecule has 0 spiro atoms. The largest absolute Gasteiger partial charge is 0.493 e.